The molecule has 1 unspecified atom stereocenters. The Morgan fingerprint density at radius 2 is 2.23 bits per heavy atom. The van der Waals surface area contributed by atoms with E-state index in [1.54, 1.807) is 0 Å². The molecule has 0 radical (unpaired) electrons. The van der Waals surface area contributed by atoms with Gasteiger partial charge in [-0.25, -0.2) is 17.9 Å². The molecule has 1 aromatic carbocycles. The van der Waals surface area contributed by atoms with Crippen molar-refractivity contribution in [3.8, 4) is 0 Å². The van der Waals surface area contributed by atoms with Crippen LogP contribution in [0.3, 0.4) is 0 Å². The molecule has 1 saturated heterocycles. The third kappa shape index (κ3) is 4.66. The minimum atomic E-state index is -3.62. The van der Waals surface area contributed by atoms with Crippen molar-refractivity contribution >= 4 is 44.3 Å². The molecule has 124 valence electrons. The zero-order valence-corrected chi connectivity index (χ0v) is 15.2. The number of carbonyl (C=O) groups is 1. The highest BCUT2D eigenvalue weighted by Crippen LogP contribution is 2.23. The topological polar surface area (TPSA) is 84.5 Å². The molecule has 0 bridgehead atoms. The van der Waals surface area contributed by atoms with Gasteiger partial charge in [-0.15, -0.1) is 12.4 Å². The van der Waals surface area contributed by atoms with Crippen molar-refractivity contribution in [2.75, 3.05) is 20.2 Å². The van der Waals surface area contributed by atoms with Gasteiger partial charge in [0.05, 0.1) is 17.6 Å². The highest BCUT2D eigenvalue weighted by atomic mass is 79.9. The minimum absolute atomic E-state index is 0. The Bertz CT molecular complexity index is 633. The van der Waals surface area contributed by atoms with Gasteiger partial charge in [-0.1, -0.05) is 0 Å². The second-order valence-corrected chi connectivity index (χ2v) is 7.37. The normalized spacial score (nSPS) is 17.8. The number of hydrogen-bond donors (Lipinski definition) is 2. The molecule has 1 aromatic rings. The number of benzene rings is 1. The lowest BCUT2D eigenvalue weighted by atomic mass is 10.2. The summed E-state index contributed by atoms with van der Waals surface area (Å²) in [4.78, 5) is 11.5. The summed E-state index contributed by atoms with van der Waals surface area (Å²) in [7, 11) is -2.34. The molecule has 2 rings (SSSR count). The molecule has 6 nitrogen and oxygen atoms in total. The first-order chi connectivity index (χ1) is 9.94. The van der Waals surface area contributed by atoms with E-state index >= 15 is 0 Å². The number of nitrogens with one attached hydrogen (secondary N) is 2. The fourth-order valence-electron chi connectivity index (χ4n) is 2.18. The first-order valence-electron chi connectivity index (χ1n) is 6.55. The Hall–Kier alpha value is -0.670. The van der Waals surface area contributed by atoms with Crippen molar-refractivity contribution in [2.24, 2.45) is 0 Å². The molecule has 9 heteroatoms. The van der Waals surface area contributed by atoms with E-state index in [2.05, 4.69) is 30.7 Å². The Morgan fingerprint density at radius 1 is 1.50 bits per heavy atom. The third-order valence-corrected chi connectivity index (χ3v) is 5.72. The first kappa shape index (κ1) is 19.4. The molecule has 2 N–H and O–H groups in total. The van der Waals surface area contributed by atoms with Crippen LogP contribution in [0.1, 0.15) is 23.2 Å². The Labute approximate surface area is 144 Å². The van der Waals surface area contributed by atoms with Crippen LogP contribution in [-0.4, -0.2) is 40.6 Å². The molecule has 0 amide bonds. The number of methoxy groups -OCH3 is 1. The van der Waals surface area contributed by atoms with E-state index in [9.17, 15) is 13.2 Å². The molecule has 1 aliphatic rings. The van der Waals surface area contributed by atoms with Crippen molar-refractivity contribution in [3.63, 3.8) is 0 Å². The van der Waals surface area contributed by atoms with Gasteiger partial charge in [0.15, 0.2) is 0 Å². The van der Waals surface area contributed by atoms with Gasteiger partial charge >= 0.3 is 5.97 Å². The summed E-state index contributed by atoms with van der Waals surface area (Å²) < 4.78 is 32.1. The number of esters is 1. The molecule has 0 aromatic heterocycles. The monoisotopic (exact) mass is 412 g/mol. The Balaban J connectivity index is 0.00000242. The van der Waals surface area contributed by atoms with Crippen LogP contribution in [0, 0.1) is 0 Å². The van der Waals surface area contributed by atoms with Gasteiger partial charge in [0.25, 0.3) is 0 Å². The van der Waals surface area contributed by atoms with Crippen LogP contribution in [0.5, 0.6) is 0 Å². The van der Waals surface area contributed by atoms with Crippen LogP contribution in [0.15, 0.2) is 27.6 Å². The van der Waals surface area contributed by atoms with Crippen LogP contribution in [-0.2, 0) is 14.8 Å². The smallest absolute Gasteiger partial charge is 0.337 e. The summed E-state index contributed by atoms with van der Waals surface area (Å²) >= 11 is 3.19. The zero-order chi connectivity index (χ0) is 15.5. The number of hydrogen-bond acceptors (Lipinski definition) is 5. The largest absolute Gasteiger partial charge is 0.465 e. The standard InChI is InChI=1S/C13H17BrN2O4S.ClH/c1-20-13(17)9-4-5-12(11(14)7-9)21(18,19)16-8-10-3-2-6-15-10;/h4-5,7,10,15-16H,2-3,6,8H2,1H3;1H. The number of carbonyl (C=O) groups excluding carboxylic acids is 1. The molecular weight excluding hydrogens is 396 g/mol. The summed E-state index contributed by atoms with van der Waals surface area (Å²) in [5.41, 5.74) is 0.292. The van der Waals surface area contributed by atoms with Crippen molar-refractivity contribution in [1.82, 2.24) is 10.0 Å². The summed E-state index contributed by atoms with van der Waals surface area (Å²) in [5, 5.41) is 3.23. The van der Waals surface area contributed by atoms with Crippen LogP contribution in [0.4, 0.5) is 0 Å². The van der Waals surface area contributed by atoms with Gasteiger partial charge in [0.2, 0.25) is 10.0 Å². The van der Waals surface area contributed by atoms with Gasteiger partial charge in [-0.3, -0.25) is 0 Å². The number of ether oxygens (including phenoxy) is 1. The first-order valence-corrected chi connectivity index (χ1v) is 8.82. The average molecular weight is 414 g/mol. The Morgan fingerprint density at radius 3 is 2.77 bits per heavy atom. The van der Waals surface area contributed by atoms with Gasteiger partial charge in [-0.2, -0.15) is 0 Å². The summed E-state index contributed by atoms with van der Waals surface area (Å²) in [5.74, 6) is -0.511. The Kier molecular flexibility index (Phi) is 7.27. The maximum Gasteiger partial charge on any atom is 0.337 e. The highest BCUT2D eigenvalue weighted by Gasteiger charge is 2.22. The lowest BCUT2D eigenvalue weighted by molar-refractivity contribution is 0.0600. The van der Waals surface area contributed by atoms with Gasteiger partial charge in [-0.05, 0) is 53.5 Å². The van der Waals surface area contributed by atoms with Crippen LogP contribution >= 0.6 is 28.3 Å². The minimum Gasteiger partial charge on any atom is -0.465 e. The number of sulfonamides is 1. The van der Waals surface area contributed by atoms with E-state index in [-0.39, 0.29) is 23.3 Å². The molecular formula is C13H18BrClN2O4S. The lowest BCUT2D eigenvalue weighted by Gasteiger charge is -2.13. The van der Waals surface area contributed by atoms with Crippen molar-refractivity contribution in [3.05, 3.63) is 28.2 Å². The molecule has 22 heavy (non-hydrogen) atoms. The molecule has 1 fully saturated rings. The maximum atomic E-state index is 12.3. The molecule has 0 saturated carbocycles. The quantitative estimate of drug-likeness (QED) is 0.718. The lowest BCUT2D eigenvalue weighted by Crippen LogP contribution is -2.37. The molecule has 0 spiro atoms. The second-order valence-electron chi connectivity index (χ2n) is 4.78. The summed E-state index contributed by atoms with van der Waals surface area (Å²) in [6, 6.07) is 4.43. The fraction of sp³-hybridized carbons (Fsp3) is 0.462. The van der Waals surface area contributed by atoms with E-state index in [1.165, 1.54) is 25.3 Å². The summed E-state index contributed by atoms with van der Waals surface area (Å²) in [6.07, 6.45) is 2.02. The molecule has 1 heterocycles. The molecule has 1 aliphatic heterocycles. The zero-order valence-electron chi connectivity index (χ0n) is 12.0. The van der Waals surface area contributed by atoms with E-state index < -0.39 is 16.0 Å². The van der Waals surface area contributed by atoms with Gasteiger partial charge < -0.3 is 10.1 Å². The SMILES string of the molecule is COC(=O)c1ccc(S(=O)(=O)NCC2CCCN2)c(Br)c1.Cl. The molecule has 1 atom stereocenters. The highest BCUT2D eigenvalue weighted by molar-refractivity contribution is 9.10. The predicted molar refractivity (Wildman–Crippen MR) is 88.9 cm³/mol. The third-order valence-electron chi connectivity index (χ3n) is 3.32. The van der Waals surface area contributed by atoms with E-state index in [0.717, 1.165) is 19.4 Å². The average Bonchev–Trinajstić information content (AvgIpc) is 2.97. The molecule has 0 aliphatic carbocycles. The predicted octanol–water partition coefficient (Wildman–Crippen LogP) is 1.69. The summed E-state index contributed by atoms with van der Waals surface area (Å²) in [6.45, 7) is 1.28. The van der Waals surface area contributed by atoms with Crippen LogP contribution in [0.2, 0.25) is 0 Å². The maximum absolute atomic E-state index is 12.3. The van der Waals surface area contributed by atoms with E-state index in [1.807, 2.05) is 0 Å². The fourth-order valence-corrected chi connectivity index (χ4v) is 4.34. The van der Waals surface area contributed by atoms with Crippen LogP contribution < -0.4 is 10.0 Å². The number of rotatable bonds is 5. The van der Waals surface area contributed by atoms with E-state index in [4.69, 9.17) is 0 Å². The van der Waals surface area contributed by atoms with Crippen molar-refractivity contribution < 1.29 is 17.9 Å². The van der Waals surface area contributed by atoms with E-state index in [0.29, 0.717) is 16.6 Å². The van der Waals surface area contributed by atoms with Crippen LogP contribution in [0.25, 0.3) is 0 Å². The second kappa shape index (κ2) is 8.26. The number of halogens is 2. The van der Waals surface area contributed by atoms with Crippen molar-refractivity contribution in [1.29, 1.82) is 0 Å². The van der Waals surface area contributed by atoms with Crippen molar-refractivity contribution in [2.45, 2.75) is 23.8 Å². The van der Waals surface area contributed by atoms with Gasteiger partial charge in [0.1, 0.15) is 0 Å². The van der Waals surface area contributed by atoms with Gasteiger partial charge in [0, 0.05) is 17.1 Å².